The van der Waals surface area contributed by atoms with Gasteiger partial charge in [0.05, 0.1) is 7.11 Å². The molecule has 1 amide bonds. The van der Waals surface area contributed by atoms with Crippen LogP contribution in [0.4, 0.5) is 4.79 Å². The van der Waals surface area contributed by atoms with Gasteiger partial charge in [-0.25, -0.2) is 4.79 Å². The van der Waals surface area contributed by atoms with Gasteiger partial charge >= 0.3 is 6.09 Å². The summed E-state index contributed by atoms with van der Waals surface area (Å²) in [5.41, 5.74) is 1.06. The van der Waals surface area contributed by atoms with Gasteiger partial charge in [-0.3, -0.25) is 0 Å². The van der Waals surface area contributed by atoms with Crippen LogP contribution in [0.1, 0.15) is 46.5 Å². The van der Waals surface area contributed by atoms with E-state index in [4.69, 9.17) is 0 Å². The number of ether oxygens (including phenoxy) is 1. The maximum Gasteiger partial charge on any atom is 0.407 e. The summed E-state index contributed by atoms with van der Waals surface area (Å²) >= 11 is 0. The second-order valence-electron chi connectivity index (χ2n) is 5.75. The Labute approximate surface area is 105 Å². The average molecular weight is 239 g/mol. The first-order valence-corrected chi connectivity index (χ1v) is 6.38. The SMILES string of the molecule is C=C(C)C1CCCC(C(C)(C)NC(=O)OC)C1. The number of allylic oxidation sites excluding steroid dienone is 1. The molecule has 1 N–H and O–H groups in total. The quantitative estimate of drug-likeness (QED) is 0.765. The van der Waals surface area contributed by atoms with Crippen molar-refractivity contribution in [2.24, 2.45) is 11.8 Å². The molecule has 0 aromatic carbocycles. The zero-order valence-corrected chi connectivity index (χ0v) is 11.5. The summed E-state index contributed by atoms with van der Waals surface area (Å²) in [5.74, 6) is 1.10. The smallest absolute Gasteiger partial charge is 0.407 e. The van der Waals surface area contributed by atoms with Crippen LogP contribution in [0.25, 0.3) is 0 Å². The van der Waals surface area contributed by atoms with E-state index >= 15 is 0 Å². The van der Waals surface area contributed by atoms with Gasteiger partial charge in [0.1, 0.15) is 0 Å². The van der Waals surface area contributed by atoms with Gasteiger partial charge in [-0.1, -0.05) is 18.6 Å². The van der Waals surface area contributed by atoms with Crippen molar-refractivity contribution in [3.63, 3.8) is 0 Å². The van der Waals surface area contributed by atoms with Crippen molar-refractivity contribution < 1.29 is 9.53 Å². The number of alkyl carbamates (subject to hydrolysis) is 1. The summed E-state index contributed by atoms with van der Waals surface area (Å²) in [7, 11) is 1.41. The molecule has 1 aliphatic rings. The third kappa shape index (κ3) is 3.76. The van der Waals surface area contributed by atoms with Crippen LogP contribution < -0.4 is 5.32 Å². The van der Waals surface area contributed by atoms with Crippen LogP contribution in [0.15, 0.2) is 12.2 Å². The van der Waals surface area contributed by atoms with E-state index in [1.165, 1.54) is 31.9 Å². The van der Waals surface area contributed by atoms with Crippen molar-refractivity contribution in [2.45, 2.75) is 52.0 Å². The van der Waals surface area contributed by atoms with E-state index in [1.54, 1.807) is 0 Å². The Balaban J connectivity index is 2.64. The fourth-order valence-corrected chi connectivity index (χ4v) is 2.71. The fraction of sp³-hybridized carbons (Fsp3) is 0.786. The number of rotatable bonds is 3. The molecular formula is C14H25NO2. The molecule has 0 bridgehead atoms. The number of nitrogens with one attached hydrogen (secondary N) is 1. The molecule has 3 nitrogen and oxygen atoms in total. The van der Waals surface area contributed by atoms with Gasteiger partial charge < -0.3 is 10.1 Å². The molecule has 17 heavy (non-hydrogen) atoms. The van der Waals surface area contributed by atoms with E-state index in [1.807, 2.05) is 0 Å². The number of methoxy groups -OCH3 is 1. The third-order valence-corrected chi connectivity index (χ3v) is 4.00. The summed E-state index contributed by atoms with van der Waals surface area (Å²) < 4.78 is 4.68. The van der Waals surface area contributed by atoms with Gasteiger partial charge in [0.25, 0.3) is 0 Å². The number of hydrogen-bond acceptors (Lipinski definition) is 2. The van der Waals surface area contributed by atoms with Crippen LogP contribution in [0.2, 0.25) is 0 Å². The Morgan fingerprint density at radius 3 is 2.59 bits per heavy atom. The second kappa shape index (κ2) is 5.56. The summed E-state index contributed by atoms with van der Waals surface area (Å²) in [6.07, 6.45) is 4.40. The third-order valence-electron chi connectivity index (χ3n) is 4.00. The average Bonchev–Trinajstić information content (AvgIpc) is 2.28. The molecule has 2 atom stereocenters. The molecule has 3 heteroatoms. The van der Waals surface area contributed by atoms with E-state index in [9.17, 15) is 4.79 Å². The summed E-state index contributed by atoms with van der Waals surface area (Å²) in [5, 5.41) is 2.94. The minimum absolute atomic E-state index is 0.207. The molecule has 0 aliphatic heterocycles. The molecule has 1 rings (SSSR count). The minimum atomic E-state index is -0.340. The molecule has 0 radical (unpaired) electrons. The lowest BCUT2D eigenvalue weighted by atomic mass is 9.71. The molecule has 0 aromatic heterocycles. The lowest BCUT2D eigenvalue weighted by molar-refractivity contribution is 0.130. The zero-order chi connectivity index (χ0) is 13.1. The van der Waals surface area contributed by atoms with E-state index in [0.29, 0.717) is 11.8 Å². The van der Waals surface area contributed by atoms with Crippen molar-refractivity contribution in [1.82, 2.24) is 5.32 Å². The molecule has 2 unspecified atom stereocenters. The standard InChI is InChI=1S/C14H25NO2/c1-10(2)11-7-6-8-12(9-11)14(3,4)15-13(16)17-5/h11-12H,1,6-9H2,2-5H3,(H,15,16). The highest BCUT2D eigenvalue weighted by Crippen LogP contribution is 2.38. The van der Waals surface area contributed by atoms with Crippen molar-refractivity contribution in [3.8, 4) is 0 Å². The molecular weight excluding hydrogens is 214 g/mol. The maximum absolute atomic E-state index is 11.3. The Morgan fingerprint density at radius 2 is 2.06 bits per heavy atom. The fourth-order valence-electron chi connectivity index (χ4n) is 2.71. The van der Waals surface area contributed by atoms with E-state index in [-0.39, 0.29) is 11.6 Å². The van der Waals surface area contributed by atoms with Crippen molar-refractivity contribution in [1.29, 1.82) is 0 Å². The molecule has 0 aromatic rings. The number of carbonyl (C=O) groups excluding carboxylic acids is 1. The van der Waals surface area contributed by atoms with E-state index in [0.717, 1.165) is 6.42 Å². The van der Waals surface area contributed by atoms with E-state index < -0.39 is 0 Å². The summed E-state index contributed by atoms with van der Waals surface area (Å²) in [4.78, 5) is 11.3. The van der Waals surface area contributed by atoms with Gasteiger partial charge in [-0.15, -0.1) is 0 Å². The molecule has 1 aliphatic carbocycles. The number of amides is 1. The Bertz CT molecular complexity index is 297. The molecule has 1 fully saturated rings. The first-order valence-electron chi connectivity index (χ1n) is 6.38. The van der Waals surface area contributed by atoms with Crippen LogP contribution in [0, 0.1) is 11.8 Å². The predicted molar refractivity (Wildman–Crippen MR) is 69.9 cm³/mol. The molecule has 1 saturated carbocycles. The monoisotopic (exact) mass is 239 g/mol. The topological polar surface area (TPSA) is 38.3 Å². The van der Waals surface area contributed by atoms with Crippen LogP contribution in [0.3, 0.4) is 0 Å². The first-order chi connectivity index (χ1) is 7.86. The van der Waals surface area contributed by atoms with Gasteiger partial charge in [-0.2, -0.15) is 0 Å². The zero-order valence-electron chi connectivity index (χ0n) is 11.5. The molecule has 0 saturated heterocycles. The van der Waals surface area contributed by atoms with Gasteiger partial charge in [0.15, 0.2) is 0 Å². The van der Waals surface area contributed by atoms with Crippen LogP contribution in [0.5, 0.6) is 0 Å². The van der Waals surface area contributed by atoms with Gasteiger partial charge in [-0.05, 0) is 51.9 Å². The summed E-state index contributed by atoms with van der Waals surface area (Å²) in [6, 6.07) is 0. The highest BCUT2D eigenvalue weighted by Gasteiger charge is 2.35. The van der Waals surface area contributed by atoms with E-state index in [2.05, 4.69) is 37.4 Å². The van der Waals surface area contributed by atoms with Crippen LogP contribution >= 0.6 is 0 Å². The lowest BCUT2D eigenvalue weighted by Gasteiger charge is -2.40. The Morgan fingerprint density at radius 1 is 1.41 bits per heavy atom. The normalized spacial score (nSPS) is 25.2. The maximum atomic E-state index is 11.3. The Kier molecular flexibility index (Phi) is 4.61. The number of carbonyl (C=O) groups is 1. The van der Waals surface area contributed by atoms with Crippen molar-refractivity contribution >= 4 is 6.09 Å². The summed E-state index contributed by atoms with van der Waals surface area (Å²) in [6.45, 7) is 10.3. The Hall–Kier alpha value is -0.990. The largest absolute Gasteiger partial charge is 0.453 e. The molecule has 0 spiro atoms. The highest BCUT2D eigenvalue weighted by atomic mass is 16.5. The molecule has 98 valence electrons. The second-order valence-corrected chi connectivity index (χ2v) is 5.75. The lowest BCUT2D eigenvalue weighted by Crippen LogP contribution is -2.50. The number of hydrogen-bond donors (Lipinski definition) is 1. The minimum Gasteiger partial charge on any atom is -0.453 e. The van der Waals surface area contributed by atoms with Gasteiger partial charge in [0.2, 0.25) is 0 Å². The highest BCUT2D eigenvalue weighted by molar-refractivity contribution is 5.67. The van der Waals surface area contributed by atoms with Crippen molar-refractivity contribution in [2.75, 3.05) is 7.11 Å². The van der Waals surface area contributed by atoms with Gasteiger partial charge in [0, 0.05) is 5.54 Å². The first kappa shape index (κ1) is 14.1. The molecule has 0 heterocycles. The predicted octanol–water partition coefficient (Wildman–Crippen LogP) is 3.50. The van der Waals surface area contributed by atoms with Crippen LogP contribution in [-0.2, 0) is 4.74 Å². The van der Waals surface area contributed by atoms with Crippen LogP contribution in [-0.4, -0.2) is 18.7 Å². The van der Waals surface area contributed by atoms with Crippen molar-refractivity contribution in [3.05, 3.63) is 12.2 Å².